The minimum Gasteiger partial charge on any atom is -0.467 e. The SMILES string of the molecule is COC(=O)C(O)c1ccccc1C1CC1. The van der Waals surface area contributed by atoms with Crippen LogP contribution >= 0.6 is 0 Å². The van der Waals surface area contributed by atoms with Gasteiger partial charge in [-0.05, 0) is 29.9 Å². The van der Waals surface area contributed by atoms with E-state index in [4.69, 9.17) is 0 Å². The van der Waals surface area contributed by atoms with E-state index in [1.807, 2.05) is 18.2 Å². The topological polar surface area (TPSA) is 46.5 Å². The quantitative estimate of drug-likeness (QED) is 0.767. The molecule has 1 unspecified atom stereocenters. The Hall–Kier alpha value is -1.35. The van der Waals surface area contributed by atoms with Gasteiger partial charge in [-0.3, -0.25) is 0 Å². The molecule has 0 radical (unpaired) electrons. The van der Waals surface area contributed by atoms with Crippen LogP contribution in [0.15, 0.2) is 24.3 Å². The molecule has 1 atom stereocenters. The average molecular weight is 206 g/mol. The maximum atomic E-state index is 11.2. The summed E-state index contributed by atoms with van der Waals surface area (Å²) in [5, 5.41) is 9.77. The molecular weight excluding hydrogens is 192 g/mol. The van der Waals surface area contributed by atoms with Gasteiger partial charge >= 0.3 is 5.97 Å². The molecule has 0 aromatic heterocycles. The van der Waals surface area contributed by atoms with E-state index in [1.165, 1.54) is 7.11 Å². The Balaban J connectivity index is 2.29. The van der Waals surface area contributed by atoms with Gasteiger partial charge in [0.2, 0.25) is 0 Å². The van der Waals surface area contributed by atoms with Crippen LogP contribution in [-0.4, -0.2) is 18.2 Å². The molecule has 3 nitrogen and oxygen atoms in total. The third-order valence-corrected chi connectivity index (χ3v) is 2.73. The van der Waals surface area contributed by atoms with Crippen LogP contribution in [-0.2, 0) is 9.53 Å². The molecule has 1 aliphatic rings. The first-order valence-corrected chi connectivity index (χ1v) is 5.08. The monoisotopic (exact) mass is 206 g/mol. The first-order valence-electron chi connectivity index (χ1n) is 5.08. The Morgan fingerprint density at radius 3 is 2.73 bits per heavy atom. The standard InChI is InChI=1S/C12H14O3/c1-15-12(14)11(13)10-5-3-2-4-9(10)8-6-7-8/h2-5,8,11,13H,6-7H2,1H3. The van der Waals surface area contributed by atoms with E-state index < -0.39 is 12.1 Å². The molecule has 3 heteroatoms. The molecule has 1 aromatic carbocycles. The van der Waals surface area contributed by atoms with E-state index in [-0.39, 0.29) is 0 Å². The summed E-state index contributed by atoms with van der Waals surface area (Å²) in [6.07, 6.45) is 1.14. The predicted molar refractivity (Wildman–Crippen MR) is 55.4 cm³/mol. The number of aliphatic hydroxyl groups is 1. The molecule has 15 heavy (non-hydrogen) atoms. The molecule has 0 bridgehead atoms. The summed E-state index contributed by atoms with van der Waals surface area (Å²) in [5.41, 5.74) is 1.77. The third kappa shape index (κ3) is 2.02. The van der Waals surface area contributed by atoms with Crippen molar-refractivity contribution in [1.82, 2.24) is 0 Å². The van der Waals surface area contributed by atoms with Gasteiger partial charge in [0.1, 0.15) is 0 Å². The van der Waals surface area contributed by atoms with Crippen LogP contribution in [0.2, 0.25) is 0 Å². The van der Waals surface area contributed by atoms with Crippen molar-refractivity contribution in [2.75, 3.05) is 7.11 Å². The number of aliphatic hydroxyl groups excluding tert-OH is 1. The fraction of sp³-hybridized carbons (Fsp3) is 0.417. The number of hydrogen-bond donors (Lipinski definition) is 1. The van der Waals surface area contributed by atoms with E-state index in [1.54, 1.807) is 6.07 Å². The Morgan fingerprint density at radius 1 is 1.47 bits per heavy atom. The van der Waals surface area contributed by atoms with Crippen molar-refractivity contribution in [3.8, 4) is 0 Å². The molecule has 0 amide bonds. The van der Waals surface area contributed by atoms with E-state index >= 15 is 0 Å². The average Bonchev–Trinajstić information content (AvgIpc) is 3.11. The molecule has 1 aliphatic carbocycles. The van der Waals surface area contributed by atoms with Gasteiger partial charge < -0.3 is 9.84 Å². The second-order valence-corrected chi connectivity index (χ2v) is 3.83. The lowest BCUT2D eigenvalue weighted by molar-refractivity contribution is -0.150. The third-order valence-electron chi connectivity index (χ3n) is 2.73. The van der Waals surface area contributed by atoms with E-state index in [0.717, 1.165) is 18.4 Å². The second kappa shape index (κ2) is 4.03. The predicted octanol–water partition coefficient (Wildman–Crippen LogP) is 1.77. The minimum absolute atomic E-state index is 0.514. The summed E-state index contributed by atoms with van der Waals surface area (Å²) in [7, 11) is 1.28. The van der Waals surface area contributed by atoms with E-state index in [9.17, 15) is 9.90 Å². The van der Waals surface area contributed by atoms with E-state index in [2.05, 4.69) is 4.74 Å². The first-order chi connectivity index (χ1) is 7.24. The Labute approximate surface area is 88.7 Å². The zero-order chi connectivity index (χ0) is 10.8. The summed E-state index contributed by atoms with van der Waals surface area (Å²) in [4.78, 5) is 11.2. The van der Waals surface area contributed by atoms with Crippen LogP contribution in [0.4, 0.5) is 0 Å². The lowest BCUT2D eigenvalue weighted by atomic mass is 9.99. The molecule has 0 spiro atoms. The van der Waals surface area contributed by atoms with Crippen LogP contribution < -0.4 is 0 Å². The zero-order valence-electron chi connectivity index (χ0n) is 8.64. The van der Waals surface area contributed by atoms with Crippen LogP contribution in [0.3, 0.4) is 0 Å². The minimum atomic E-state index is -1.15. The van der Waals surface area contributed by atoms with Crippen molar-refractivity contribution < 1.29 is 14.6 Å². The lowest BCUT2D eigenvalue weighted by Gasteiger charge is -2.12. The number of ether oxygens (including phenoxy) is 1. The van der Waals surface area contributed by atoms with Gasteiger partial charge in [0.05, 0.1) is 7.11 Å². The highest BCUT2D eigenvalue weighted by atomic mass is 16.5. The van der Waals surface area contributed by atoms with Crippen LogP contribution in [0.25, 0.3) is 0 Å². The van der Waals surface area contributed by atoms with Crippen LogP contribution in [0.1, 0.15) is 36.0 Å². The maximum Gasteiger partial charge on any atom is 0.339 e. The number of hydrogen-bond acceptors (Lipinski definition) is 3. The van der Waals surface area contributed by atoms with Gasteiger partial charge in [0.15, 0.2) is 6.10 Å². The zero-order valence-corrected chi connectivity index (χ0v) is 8.64. The normalized spacial score (nSPS) is 17.2. The highest BCUT2D eigenvalue weighted by Crippen LogP contribution is 2.42. The number of carbonyl (C=O) groups excluding carboxylic acids is 1. The largest absolute Gasteiger partial charge is 0.467 e. The van der Waals surface area contributed by atoms with Gasteiger partial charge in [-0.2, -0.15) is 0 Å². The molecular formula is C12H14O3. The van der Waals surface area contributed by atoms with E-state index in [0.29, 0.717) is 11.5 Å². The maximum absolute atomic E-state index is 11.2. The highest BCUT2D eigenvalue weighted by molar-refractivity contribution is 5.76. The van der Waals surface area contributed by atoms with Crippen molar-refractivity contribution in [3.05, 3.63) is 35.4 Å². The Bertz CT molecular complexity index is 369. The molecule has 0 aliphatic heterocycles. The van der Waals surface area contributed by atoms with Crippen molar-refractivity contribution in [2.24, 2.45) is 0 Å². The number of benzene rings is 1. The molecule has 2 rings (SSSR count). The molecule has 1 N–H and O–H groups in total. The molecule has 1 aromatic rings. The fourth-order valence-electron chi connectivity index (χ4n) is 1.76. The van der Waals surface area contributed by atoms with Crippen molar-refractivity contribution in [1.29, 1.82) is 0 Å². The van der Waals surface area contributed by atoms with Crippen molar-refractivity contribution >= 4 is 5.97 Å². The summed E-state index contributed by atoms with van der Waals surface area (Å²) < 4.78 is 4.53. The Kier molecular flexibility index (Phi) is 2.73. The van der Waals surface area contributed by atoms with Gasteiger partial charge in [-0.15, -0.1) is 0 Å². The smallest absolute Gasteiger partial charge is 0.339 e. The highest BCUT2D eigenvalue weighted by Gasteiger charge is 2.29. The molecule has 1 fully saturated rings. The van der Waals surface area contributed by atoms with Crippen molar-refractivity contribution in [2.45, 2.75) is 24.9 Å². The Morgan fingerprint density at radius 2 is 2.13 bits per heavy atom. The van der Waals surface area contributed by atoms with Gasteiger partial charge in [-0.1, -0.05) is 24.3 Å². The summed E-state index contributed by atoms with van der Waals surface area (Å²) in [6.45, 7) is 0. The molecule has 80 valence electrons. The first kappa shape index (κ1) is 10.2. The number of esters is 1. The summed E-state index contributed by atoms with van der Waals surface area (Å²) in [5.74, 6) is -0.0800. The molecule has 1 saturated carbocycles. The molecule has 0 saturated heterocycles. The van der Waals surface area contributed by atoms with Crippen LogP contribution in [0.5, 0.6) is 0 Å². The summed E-state index contributed by atoms with van der Waals surface area (Å²) in [6, 6.07) is 7.52. The number of carbonyl (C=O) groups is 1. The fourth-order valence-corrected chi connectivity index (χ4v) is 1.76. The second-order valence-electron chi connectivity index (χ2n) is 3.83. The van der Waals surface area contributed by atoms with Gasteiger partial charge in [-0.25, -0.2) is 4.79 Å². The number of rotatable bonds is 3. The molecule has 0 heterocycles. The van der Waals surface area contributed by atoms with Crippen molar-refractivity contribution in [3.63, 3.8) is 0 Å². The summed E-state index contributed by atoms with van der Waals surface area (Å²) >= 11 is 0. The van der Waals surface area contributed by atoms with Crippen LogP contribution in [0, 0.1) is 0 Å². The van der Waals surface area contributed by atoms with Gasteiger partial charge in [0, 0.05) is 0 Å². The van der Waals surface area contributed by atoms with Gasteiger partial charge in [0.25, 0.3) is 0 Å². The lowest BCUT2D eigenvalue weighted by Crippen LogP contribution is -2.14. The number of methoxy groups -OCH3 is 1.